The average molecular weight is 318 g/mol. The highest BCUT2D eigenvalue weighted by atomic mass is 16.2. The average Bonchev–Trinajstić information content (AvgIpc) is 2.54. The first-order valence-electron chi connectivity index (χ1n) is 7.34. The minimum absolute atomic E-state index is 0.0808. The monoisotopic (exact) mass is 318 g/mol. The van der Waals surface area contributed by atoms with Gasteiger partial charge in [-0.25, -0.2) is 5.43 Å². The molecule has 0 saturated carbocycles. The fourth-order valence-corrected chi connectivity index (χ4v) is 1.99. The van der Waals surface area contributed by atoms with Crippen LogP contribution in [0.4, 0.5) is 0 Å². The number of ketones is 1. The number of Topliss-reactive ketones (excluding diaryl/α,β-unsaturated/α-hetero) is 1. The number of carbonyl (C=O) groups excluding carboxylic acids is 3. The van der Waals surface area contributed by atoms with Crippen molar-refractivity contribution in [2.75, 3.05) is 13.1 Å². The minimum atomic E-state index is -0.484. The maximum absolute atomic E-state index is 12.2. The van der Waals surface area contributed by atoms with Crippen molar-refractivity contribution in [2.45, 2.75) is 19.8 Å². The van der Waals surface area contributed by atoms with Crippen molar-refractivity contribution >= 4 is 23.8 Å². The number of rotatable bonds is 9. The summed E-state index contributed by atoms with van der Waals surface area (Å²) >= 11 is 0. The number of carbonyl (C=O) groups is 3. The molecule has 0 aliphatic heterocycles. The van der Waals surface area contributed by atoms with E-state index in [0.29, 0.717) is 6.42 Å². The van der Waals surface area contributed by atoms with Gasteiger partial charge in [0.25, 0.3) is 0 Å². The number of hydrogen-bond acceptors (Lipinski definition) is 5. The highest BCUT2D eigenvalue weighted by Crippen LogP contribution is 2.13. The molecule has 0 radical (unpaired) electrons. The van der Waals surface area contributed by atoms with Crippen molar-refractivity contribution in [3.8, 4) is 0 Å². The predicted molar refractivity (Wildman–Crippen MR) is 87.6 cm³/mol. The number of nitrogens with one attached hydrogen (secondary N) is 2. The van der Waals surface area contributed by atoms with E-state index in [1.807, 2.05) is 30.3 Å². The highest BCUT2D eigenvalue weighted by Gasteiger charge is 2.21. The summed E-state index contributed by atoms with van der Waals surface area (Å²) in [6.07, 6.45) is 1.94. The summed E-state index contributed by atoms with van der Waals surface area (Å²) < 4.78 is 0. The van der Waals surface area contributed by atoms with E-state index in [0.717, 1.165) is 5.56 Å². The molecule has 7 nitrogen and oxygen atoms in total. The number of hydrogen-bond donors (Lipinski definition) is 3. The molecule has 0 aliphatic carbocycles. The van der Waals surface area contributed by atoms with Gasteiger partial charge < -0.3 is 11.1 Å². The molecular weight excluding hydrogens is 296 g/mol. The van der Waals surface area contributed by atoms with Gasteiger partial charge in [0.1, 0.15) is 5.78 Å². The van der Waals surface area contributed by atoms with E-state index in [1.165, 1.54) is 13.1 Å². The number of hydrazone groups is 1. The molecular formula is C16H22N4O3. The van der Waals surface area contributed by atoms with Crippen LogP contribution in [-0.2, 0) is 20.8 Å². The van der Waals surface area contributed by atoms with Crippen LogP contribution in [0.25, 0.3) is 0 Å². The summed E-state index contributed by atoms with van der Waals surface area (Å²) in [6, 6.07) is 9.48. The molecule has 0 unspecified atom stereocenters. The summed E-state index contributed by atoms with van der Waals surface area (Å²) in [7, 11) is 0. The van der Waals surface area contributed by atoms with Crippen molar-refractivity contribution in [2.24, 2.45) is 16.8 Å². The molecule has 4 N–H and O–H groups in total. The number of nitrogens with two attached hydrogens (primary N) is 1. The number of amides is 2. The second kappa shape index (κ2) is 10.2. The molecule has 124 valence electrons. The topological polar surface area (TPSA) is 114 Å². The fourth-order valence-electron chi connectivity index (χ4n) is 1.99. The van der Waals surface area contributed by atoms with E-state index in [4.69, 9.17) is 5.73 Å². The van der Waals surface area contributed by atoms with Crippen LogP contribution in [0, 0.1) is 5.92 Å². The van der Waals surface area contributed by atoms with Gasteiger partial charge in [0.2, 0.25) is 11.8 Å². The molecule has 2 amide bonds. The Morgan fingerprint density at radius 2 is 1.96 bits per heavy atom. The van der Waals surface area contributed by atoms with E-state index >= 15 is 0 Å². The Balaban J connectivity index is 2.59. The first kappa shape index (κ1) is 18.5. The van der Waals surface area contributed by atoms with E-state index in [-0.39, 0.29) is 37.1 Å². The van der Waals surface area contributed by atoms with Gasteiger partial charge in [-0.3, -0.25) is 14.4 Å². The highest BCUT2D eigenvalue weighted by molar-refractivity contribution is 5.88. The van der Waals surface area contributed by atoms with E-state index in [2.05, 4.69) is 15.8 Å². The zero-order chi connectivity index (χ0) is 17.1. The maximum Gasteiger partial charge on any atom is 0.236 e. The third kappa shape index (κ3) is 7.87. The molecule has 0 saturated heterocycles. The van der Waals surface area contributed by atoms with Crippen LogP contribution in [-0.4, -0.2) is 36.9 Å². The normalized spacial score (nSPS) is 11.9. The zero-order valence-electron chi connectivity index (χ0n) is 13.1. The van der Waals surface area contributed by atoms with Crippen molar-refractivity contribution in [1.29, 1.82) is 0 Å². The van der Waals surface area contributed by atoms with Crippen molar-refractivity contribution in [3.63, 3.8) is 0 Å². The Kier molecular flexibility index (Phi) is 8.23. The number of benzene rings is 1. The van der Waals surface area contributed by atoms with E-state index in [1.54, 1.807) is 0 Å². The van der Waals surface area contributed by atoms with Gasteiger partial charge in [-0.2, -0.15) is 5.10 Å². The molecule has 0 bridgehead atoms. The van der Waals surface area contributed by atoms with E-state index in [9.17, 15) is 14.4 Å². The van der Waals surface area contributed by atoms with Crippen LogP contribution < -0.4 is 16.5 Å². The maximum atomic E-state index is 12.2. The van der Waals surface area contributed by atoms with Crippen molar-refractivity contribution in [1.82, 2.24) is 10.7 Å². The molecule has 1 rings (SSSR count). The fraction of sp³-hybridized carbons (Fsp3) is 0.375. The van der Waals surface area contributed by atoms with Gasteiger partial charge >= 0.3 is 0 Å². The van der Waals surface area contributed by atoms with Crippen LogP contribution in [0.5, 0.6) is 0 Å². The van der Waals surface area contributed by atoms with Gasteiger partial charge in [-0.15, -0.1) is 0 Å². The Labute approximate surface area is 135 Å². The Hall–Kier alpha value is -2.54. The van der Waals surface area contributed by atoms with Gasteiger partial charge in [-0.1, -0.05) is 30.3 Å². The Morgan fingerprint density at radius 3 is 2.57 bits per heavy atom. The Morgan fingerprint density at radius 1 is 1.26 bits per heavy atom. The summed E-state index contributed by atoms with van der Waals surface area (Å²) in [5.41, 5.74) is 8.55. The summed E-state index contributed by atoms with van der Waals surface area (Å²) in [6.45, 7) is 1.42. The summed E-state index contributed by atoms with van der Waals surface area (Å²) in [4.78, 5) is 34.5. The summed E-state index contributed by atoms with van der Waals surface area (Å²) in [5.74, 6) is -1.18. The molecule has 1 aromatic rings. The molecule has 0 spiro atoms. The van der Waals surface area contributed by atoms with Crippen molar-refractivity contribution < 1.29 is 14.4 Å². The molecule has 0 aromatic heterocycles. The first-order valence-corrected chi connectivity index (χ1v) is 7.34. The second-order valence-corrected chi connectivity index (χ2v) is 5.06. The zero-order valence-corrected chi connectivity index (χ0v) is 13.1. The lowest BCUT2D eigenvalue weighted by atomic mass is 9.93. The molecule has 0 heterocycles. The lowest BCUT2D eigenvalue weighted by Gasteiger charge is -2.15. The third-order valence-corrected chi connectivity index (χ3v) is 3.08. The number of nitrogens with zero attached hydrogens (tertiary/aromatic N) is 1. The smallest absolute Gasteiger partial charge is 0.236 e. The molecule has 7 heteroatoms. The quantitative estimate of drug-likeness (QED) is 0.439. The van der Waals surface area contributed by atoms with Crippen LogP contribution >= 0.6 is 0 Å². The summed E-state index contributed by atoms with van der Waals surface area (Å²) in [5, 5.41) is 6.31. The van der Waals surface area contributed by atoms with Crippen LogP contribution in [0.3, 0.4) is 0 Å². The van der Waals surface area contributed by atoms with Crippen LogP contribution in [0.15, 0.2) is 35.4 Å². The first-order chi connectivity index (χ1) is 11.0. The minimum Gasteiger partial charge on any atom is -0.351 e. The Bertz CT molecular complexity index is 558. The molecule has 0 fully saturated rings. The van der Waals surface area contributed by atoms with Gasteiger partial charge in [0.05, 0.1) is 13.1 Å². The largest absolute Gasteiger partial charge is 0.351 e. The second-order valence-electron chi connectivity index (χ2n) is 5.06. The van der Waals surface area contributed by atoms with Crippen molar-refractivity contribution in [3.05, 3.63) is 35.9 Å². The molecule has 1 aromatic carbocycles. The van der Waals surface area contributed by atoms with Gasteiger partial charge in [0, 0.05) is 25.5 Å². The van der Waals surface area contributed by atoms with Crippen LogP contribution in [0.1, 0.15) is 18.9 Å². The lowest BCUT2D eigenvalue weighted by Crippen LogP contribution is -2.35. The predicted octanol–water partition coefficient (Wildman–Crippen LogP) is 0.00130. The SMILES string of the molecule is CC(=O)N/N=C/CNC(=O)[C@@H](CC(=O)CN)Cc1ccccc1. The van der Waals surface area contributed by atoms with E-state index < -0.39 is 5.92 Å². The third-order valence-electron chi connectivity index (χ3n) is 3.08. The molecule has 1 atom stereocenters. The van der Waals surface area contributed by atoms with Gasteiger partial charge in [0.15, 0.2) is 0 Å². The van der Waals surface area contributed by atoms with Crippen LogP contribution in [0.2, 0.25) is 0 Å². The lowest BCUT2D eigenvalue weighted by molar-refractivity contribution is -0.128. The standard InChI is InChI=1S/C16H22N4O3/c1-12(21)20-19-8-7-18-16(23)14(10-15(22)11-17)9-13-5-3-2-4-6-13/h2-6,8,14H,7,9-11,17H2,1H3,(H,18,23)(H,20,21)/b19-8+/t14-/m1/s1. The molecule has 23 heavy (non-hydrogen) atoms. The van der Waals surface area contributed by atoms with Gasteiger partial charge in [-0.05, 0) is 12.0 Å². The molecule has 0 aliphatic rings.